The van der Waals surface area contributed by atoms with Crippen LogP contribution in [0.25, 0.3) is 0 Å². The van der Waals surface area contributed by atoms with Crippen LogP contribution in [-0.4, -0.2) is 24.7 Å². The number of rotatable bonds is 2. The van der Waals surface area contributed by atoms with Gasteiger partial charge in [0.05, 0.1) is 5.41 Å². The fourth-order valence-corrected chi connectivity index (χ4v) is 1.95. The zero-order chi connectivity index (χ0) is 12.2. The highest BCUT2D eigenvalue weighted by Crippen LogP contribution is 2.32. The molecule has 0 saturated carbocycles. The summed E-state index contributed by atoms with van der Waals surface area (Å²) in [5.41, 5.74) is -0.962. The molecule has 0 amide bonds. The molecule has 0 aromatic carbocycles. The first-order valence-electron chi connectivity index (χ1n) is 5.77. The van der Waals surface area contributed by atoms with E-state index in [0.717, 1.165) is 19.4 Å². The Kier molecular flexibility index (Phi) is 3.98. The number of nitrogens with one attached hydrogen (secondary N) is 1. The summed E-state index contributed by atoms with van der Waals surface area (Å²) in [6, 6.07) is 0. The van der Waals surface area contributed by atoms with E-state index >= 15 is 0 Å². The number of esters is 1. The molecule has 3 nitrogen and oxygen atoms in total. The normalized spacial score (nSPS) is 25.9. The van der Waals surface area contributed by atoms with E-state index in [1.54, 1.807) is 0 Å². The van der Waals surface area contributed by atoms with Crippen molar-refractivity contribution >= 4 is 5.97 Å². The van der Waals surface area contributed by atoms with Crippen LogP contribution >= 0.6 is 0 Å². The second-order valence-electron chi connectivity index (χ2n) is 5.44. The van der Waals surface area contributed by atoms with E-state index in [2.05, 4.69) is 11.2 Å². The molecule has 0 aliphatic carbocycles. The van der Waals surface area contributed by atoms with Gasteiger partial charge < -0.3 is 10.1 Å². The third-order valence-electron chi connectivity index (χ3n) is 2.74. The number of piperidine rings is 1. The number of terminal acetylenes is 1. The summed E-state index contributed by atoms with van der Waals surface area (Å²) in [6.45, 7) is 7.22. The van der Waals surface area contributed by atoms with Gasteiger partial charge in [-0.1, -0.05) is 0 Å². The quantitative estimate of drug-likeness (QED) is 0.572. The van der Waals surface area contributed by atoms with Crippen molar-refractivity contribution in [2.24, 2.45) is 5.41 Å². The average molecular weight is 223 g/mol. The van der Waals surface area contributed by atoms with Crippen molar-refractivity contribution in [2.75, 3.05) is 13.1 Å². The molecule has 0 aromatic heterocycles. The van der Waals surface area contributed by atoms with Crippen LogP contribution in [0.1, 0.15) is 40.0 Å². The van der Waals surface area contributed by atoms with Crippen LogP contribution in [-0.2, 0) is 9.53 Å². The number of hydrogen-bond acceptors (Lipinski definition) is 3. The first kappa shape index (κ1) is 13.1. The third-order valence-corrected chi connectivity index (χ3v) is 2.74. The Morgan fingerprint density at radius 1 is 1.56 bits per heavy atom. The zero-order valence-electron chi connectivity index (χ0n) is 10.4. The largest absolute Gasteiger partial charge is 0.459 e. The molecule has 1 rings (SSSR count). The van der Waals surface area contributed by atoms with Crippen molar-refractivity contribution in [1.82, 2.24) is 5.32 Å². The standard InChI is InChI=1S/C13H21NO2/c1-5-7-13(8-6-9-14-10-13)11(15)16-12(2,3)4/h1,14H,6-10H2,2-4H3. The molecule has 1 N–H and O–H groups in total. The van der Waals surface area contributed by atoms with Gasteiger partial charge >= 0.3 is 5.97 Å². The highest BCUT2D eigenvalue weighted by atomic mass is 16.6. The second kappa shape index (κ2) is 4.88. The van der Waals surface area contributed by atoms with Crippen LogP contribution in [0.5, 0.6) is 0 Å². The highest BCUT2D eigenvalue weighted by molar-refractivity contribution is 5.78. The molecule has 1 aliphatic heterocycles. The lowest BCUT2D eigenvalue weighted by Gasteiger charge is -2.36. The van der Waals surface area contributed by atoms with Gasteiger partial charge in [-0.25, -0.2) is 0 Å². The monoisotopic (exact) mass is 223 g/mol. The first-order chi connectivity index (χ1) is 7.40. The molecule has 1 fully saturated rings. The summed E-state index contributed by atoms with van der Waals surface area (Å²) in [6.07, 6.45) is 7.61. The molecule has 0 aromatic rings. The minimum absolute atomic E-state index is 0.162. The highest BCUT2D eigenvalue weighted by Gasteiger charge is 2.41. The summed E-state index contributed by atoms with van der Waals surface area (Å²) in [5, 5.41) is 3.23. The lowest BCUT2D eigenvalue weighted by Crippen LogP contribution is -2.48. The van der Waals surface area contributed by atoms with Gasteiger partial charge in [0.1, 0.15) is 5.60 Å². The topological polar surface area (TPSA) is 38.3 Å². The smallest absolute Gasteiger partial charge is 0.314 e. The SMILES string of the molecule is C#CCC1(C(=O)OC(C)(C)C)CCCNC1. The van der Waals surface area contributed by atoms with Gasteiger partial charge in [-0.3, -0.25) is 4.79 Å². The van der Waals surface area contributed by atoms with E-state index in [-0.39, 0.29) is 5.97 Å². The van der Waals surface area contributed by atoms with E-state index in [4.69, 9.17) is 11.2 Å². The predicted octanol–water partition coefficient (Wildman–Crippen LogP) is 1.72. The Hall–Kier alpha value is -1.01. The average Bonchev–Trinajstić information content (AvgIpc) is 2.17. The zero-order valence-corrected chi connectivity index (χ0v) is 10.4. The van der Waals surface area contributed by atoms with Crippen LogP contribution in [0.2, 0.25) is 0 Å². The molecule has 1 unspecified atom stereocenters. The molecule has 1 saturated heterocycles. The number of carbonyl (C=O) groups excluding carboxylic acids is 1. The maximum atomic E-state index is 12.2. The van der Waals surface area contributed by atoms with Crippen molar-refractivity contribution < 1.29 is 9.53 Å². The molecule has 3 heteroatoms. The Morgan fingerprint density at radius 2 is 2.25 bits per heavy atom. The number of hydrogen-bond donors (Lipinski definition) is 1. The molecule has 0 spiro atoms. The summed E-state index contributed by atoms with van der Waals surface area (Å²) in [7, 11) is 0. The number of carbonyl (C=O) groups is 1. The van der Waals surface area contributed by atoms with Gasteiger partial charge in [0.2, 0.25) is 0 Å². The van der Waals surface area contributed by atoms with Crippen LogP contribution in [0.4, 0.5) is 0 Å². The molecule has 1 heterocycles. The van der Waals surface area contributed by atoms with Gasteiger partial charge in [0.25, 0.3) is 0 Å². The fourth-order valence-electron chi connectivity index (χ4n) is 1.95. The van der Waals surface area contributed by atoms with Crippen LogP contribution in [0.15, 0.2) is 0 Å². The molecule has 90 valence electrons. The van der Waals surface area contributed by atoms with Gasteiger partial charge in [-0.2, -0.15) is 0 Å². The van der Waals surface area contributed by atoms with E-state index in [0.29, 0.717) is 13.0 Å². The van der Waals surface area contributed by atoms with Crippen molar-refractivity contribution in [1.29, 1.82) is 0 Å². The Bertz CT molecular complexity index is 290. The maximum Gasteiger partial charge on any atom is 0.314 e. The van der Waals surface area contributed by atoms with E-state index in [1.807, 2.05) is 20.8 Å². The van der Waals surface area contributed by atoms with Crippen LogP contribution in [0, 0.1) is 17.8 Å². The second-order valence-corrected chi connectivity index (χ2v) is 5.44. The summed E-state index contributed by atoms with van der Waals surface area (Å²) >= 11 is 0. The fraction of sp³-hybridized carbons (Fsp3) is 0.769. The number of ether oxygens (including phenoxy) is 1. The van der Waals surface area contributed by atoms with Crippen molar-refractivity contribution in [3.8, 4) is 12.3 Å². The van der Waals surface area contributed by atoms with Gasteiger partial charge in [0, 0.05) is 13.0 Å². The lowest BCUT2D eigenvalue weighted by atomic mass is 9.78. The van der Waals surface area contributed by atoms with Crippen molar-refractivity contribution in [2.45, 2.75) is 45.6 Å². The molecular weight excluding hydrogens is 202 g/mol. The minimum Gasteiger partial charge on any atom is -0.459 e. The Morgan fingerprint density at radius 3 is 2.69 bits per heavy atom. The van der Waals surface area contributed by atoms with E-state index < -0.39 is 11.0 Å². The van der Waals surface area contributed by atoms with Crippen LogP contribution < -0.4 is 5.32 Å². The molecule has 1 atom stereocenters. The first-order valence-corrected chi connectivity index (χ1v) is 5.77. The Balaban J connectivity index is 2.77. The van der Waals surface area contributed by atoms with Gasteiger partial charge in [-0.15, -0.1) is 12.3 Å². The van der Waals surface area contributed by atoms with Crippen molar-refractivity contribution in [3.63, 3.8) is 0 Å². The van der Waals surface area contributed by atoms with Gasteiger partial charge in [-0.05, 0) is 40.2 Å². The minimum atomic E-state index is -0.514. The third kappa shape index (κ3) is 3.24. The lowest BCUT2D eigenvalue weighted by molar-refractivity contribution is -0.168. The van der Waals surface area contributed by atoms with Crippen LogP contribution in [0.3, 0.4) is 0 Å². The van der Waals surface area contributed by atoms with Crippen molar-refractivity contribution in [3.05, 3.63) is 0 Å². The molecule has 1 aliphatic rings. The summed E-state index contributed by atoms with van der Waals surface area (Å²) in [4.78, 5) is 12.2. The molecule has 0 radical (unpaired) electrons. The summed E-state index contributed by atoms with van der Waals surface area (Å²) in [5.74, 6) is 2.44. The molecule has 16 heavy (non-hydrogen) atoms. The van der Waals surface area contributed by atoms with Gasteiger partial charge in [0.15, 0.2) is 0 Å². The maximum absolute atomic E-state index is 12.2. The predicted molar refractivity (Wildman–Crippen MR) is 63.8 cm³/mol. The molecule has 0 bridgehead atoms. The van der Waals surface area contributed by atoms with E-state index in [1.165, 1.54) is 0 Å². The Labute approximate surface area is 97.9 Å². The van der Waals surface area contributed by atoms with E-state index in [9.17, 15) is 4.79 Å². The summed E-state index contributed by atoms with van der Waals surface area (Å²) < 4.78 is 5.46. The molecular formula is C13H21NO2.